The van der Waals surface area contributed by atoms with Gasteiger partial charge in [-0.1, -0.05) is 17.1 Å². The lowest BCUT2D eigenvalue weighted by Gasteiger charge is -2.35. The molecule has 1 fully saturated rings. The Morgan fingerprint density at radius 3 is 2.70 bits per heavy atom. The van der Waals surface area contributed by atoms with Crippen LogP contribution in [0.1, 0.15) is 27.7 Å². The van der Waals surface area contributed by atoms with E-state index in [4.69, 9.17) is 4.74 Å². The van der Waals surface area contributed by atoms with Crippen LogP contribution in [0.4, 0.5) is 4.79 Å². The third kappa shape index (κ3) is 3.16. The summed E-state index contributed by atoms with van der Waals surface area (Å²) in [5, 5.41) is 6.37. The summed E-state index contributed by atoms with van der Waals surface area (Å²) in [5.41, 5.74) is 1.63. The molecule has 1 saturated heterocycles. The van der Waals surface area contributed by atoms with Crippen molar-refractivity contribution < 1.29 is 18.9 Å². The van der Waals surface area contributed by atoms with Gasteiger partial charge in [-0.25, -0.2) is 9.37 Å². The van der Waals surface area contributed by atoms with Gasteiger partial charge in [-0.05, 0) is 27.7 Å². The van der Waals surface area contributed by atoms with Gasteiger partial charge in [0.15, 0.2) is 0 Å². The zero-order chi connectivity index (χ0) is 19.9. The SMILES string of the molecule is C=C(C)CN1C(=O)C2C(=NC3=[N+]2C(C)C(C)=NN3CCOCC)N(C)C1=O. The summed E-state index contributed by atoms with van der Waals surface area (Å²) in [6.07, 6.45) is 0. The van der Waals surface area contributed by atoms with Gasteiger partial charge in [0.25, 0.3) is 5.91 Å². The standard InChI is InChI=1S/C18H27N6O3/c1-7-27-9-8-23-17-19-15-14(24(17)13(5)12(4)20-23)16(25)22(10-11(2)3)18(26)21(15)6/h13-14H,2,7-10H2,1,3-6H3/q+1. The highest BCUT2D eigenvalue weighted by molar-refractivity contribution is 6.23. The van der Waals surface area contributed by atoms with Crippen LogP contribution in [0.25, 0.3) is 0 Å². The first-order valence-electron chi connectivity index (χ1n) is 9.15. The van der Waals surface area contributed by atoms with Crippen molar-refractivity contribution in [1.29, 1.82) is 0 Å². The van der Waals surface area contributed by atoms with E-state index in [0.717, 1.165) is 11.3 Å². The van der Waals surface area contributed by atoms with Crippen molar-refractivity contribution in [2.24, 2.45) is 10.1 Å². The minimum atomic E-state index is -0.642. The zero-order valence-corrected chi connectivity index (χ0v) is 16.6. The monoisotopic (exact) mass is 375 g/mol. The Morgan fingerprint density at radius 1 is 1.37 bits per heavy atom. The number of hydrogen-bond acceptors (Lipinski definition) is 6. The molecular weight excluding hydrogens is 348 g/mol. The van der Waals surface area contributed by atoms with Crippen molar-refractivity contribution in [3.05, 3.63) is 12.2 Å². The largest absolute Gasteiger partial charge is 0.417 e. The van der Waals surface area contributed by atoms with Gasteiger partial charge in [-0.15, -0.1) is 10.1 Å². The highest BCUT2D eigenvalue weighted by atomic mass is 16.5. The number of ether oxygens (including phenoxy) is 1. The first-order chi connectivity index (χ1) is 12.8. The molecule has 2 atom stereocenters. The van der Waals surface area contributed by atoms with Crippen LogP contribution in [0.5, 0.6) is 0 Å². The van der Waals surface area contributed by atoms with Crippen LogP contribution in [0.15, 0.2) is 22.2 Å². The van der Waals surface area contributed by atoms with Crippen LogP contribution >= 0.6 is 0 Å². The highest BCUT2D eigenvalue weighted by Crippen LogP contribution is 2.25. The van der Waals surface area contributed by atoms with Gasteiger partial charge in [0.05, 0.1) is 18.9 Å². The van der Waals surface area contributed by atoms with E-state index in [2.05, 4.69) is 16.7 Å². The summed E-state index contributed by atoms with van der Waals surface area (Å²) in [6, 6.07) is -1.13. The maximum absolute atomic E-state index is 13.2. The van der Waals surface area contributed by atoms with E-state index in [-0.39, 0.29) is 24.5 Å². The number of nitrogens with zero attached hydrogens (tertiary/aromatic N) is 6. The number of carbonyl (C=O) groups is 2. The van der Waals surface area contributed by atoms with Crippen LogP contribution < -0.4 is 0 Å². The van der Waals surface area contributed by atoms with Crippen LogP contribution in [-0.4, -0.2) is 94.3 Å². The molecule has 0 spiro atoms. The summed E-state index contributed by atoms with van der Waals surface area (Å²) in [7, 11) is 1.65. The lowest BCUT2D eigenvalue weighted by Crippen LogP contribution is -2.64. The van der Waals surface area contributed by atoms with E-state index in [9.17, 15) is 9.59 Å². The number of amidine groups is 1. The molecule has 27 heavy (non-hydrogen) atoms. The Balaban J connectivity index is 1.99. The summed E-state index contributed by atoms with van der Waals surface area (Å²) < 4.78 is 7.39. The maximum atomic E-state index is 13.2. The zero-order valence-electron chi connectivity index (χ0n) is 16.6. The van der Waals surface area contributed by atoms with Crippen LogP contribution in [0.3, 0.4) is 0 Å². The number of likely N-dealkylation sites (N-methyl/N-ethyl adjacent to an activating group) is 1. The quantitative estimate of drug-likeness (QED) is 0.389. The summed E-state index contributed by atoms with van der Waals surface area (Å²) in [5.74, 6) is 0.746. The number of rotatable bonds is 6. The van der Waals surface area contributed by atoms with Crippen molar-refractivity contribution in [3.8, 4) is 0 Å². The third-order valence-corrected chi connectivity index (χ3v) is 4.94. The van der Waals surface area contributed by atoms with Crippen molar-refractivity contribution in [2.75, 3.05) is 33.4 Å². The minimum absolute atomic E-state index is 0.105. The van der Waals surface area contributed by atoms with Crippen LogP contribution in [0.2, 0.25) is 0 Å². The van der Waals surface area contributed by atoms with Crippen molar-refractivity contribution in [1.82, 2.24) is 14.8 Å². The van der Waals surface area contributed by atoms with Gasteiger partial charge < -0.3 is 4.74 Å². The number of urea groups is 1. The molecule has 0 radical (unpaired) electrons. The number of hydrogen-bond donors (Lipinski definition) is 0. The third-order valence-electron chi connectivity index (χ3n) is 4.94. The predicted molar refractivity (Wildman–Crippen MR) is 102 cm³/mol. The van der Waals surface area contributed by atoms with Gasteiger partial charge in [-0.2, -0.15) is 0 Å². The van der Waals surface area contributed by atoms with Crippen LogP contribution in [0, 0.1) is 0 Å². The minimum Gasteiger partial charge on any atom is -0.378 e. The molecule has 146 valence electrons. The molecule has 3 aliphatic heterocycles. The molecule has 3 rings (SSSR count). The molecule has 0 aliphatic carbocycles. The van der Waals surface area contributed by atoms with E-state index in [0.29, 0.717) is 31.6 Å². The molecule has 0 saturated carbocycles. The number of fused-ring (bicyclic) bond motifs is 2. The van der Waals surface area contributed by atoms with E-state index in [1.165, 1.54) is 9.80 Å². The van der Waals surface area contributed by atoms with Gasteiger partial charge >= 0.3 is 12.0 Å². The van der Waals surface area contributed by atoms with E-state index >= 15 is 0 Å². The van der Waals surface area contributed by atoms with Crippen molar-refractivity contribution in [3.63, 3.8) is 0 Å². The number of amides is 3. The van der Waals surface area contributed by atoms with E-state index < -0.39 is 6.04 Å². The van der Waals surface area contributed by atoms with Gasteiger partial charge in [-0.3, -0.25) is 14.6 Å². The average Bonchev–Trinajstić information content (AvgIpc) is 3.02. The fourth-order valence-electron chi connectivity index (χ4n) is 3.44. The Hall–Kier alpha value is -2.55. The van der Waals surface area contributed by atoms with E-state index in [1.54, 1.807) is 19.0 Å². The number of aliphatic imine (C=N–C) groups is 1. The molecule has 2 unspecified atom stereocenters. The number of imide groups is 1. The first kappa shape index (κ1) is 19.2. The molecule has 9 nitrogen and oxygen atoms in total. The van der Waals surface area contributed by atoms with Crippen LogP contribution in [-0.2, 0) is 9.53 Å². The molecule has 0 N–H and O–H groups in total. The summed E-state index contributed by atoms with van der Waals surface area (Å²) in [4.78, 5) is 33.2. The van der Waals surface area contributed by atoms with Gasteiger partial charge in [0.1, 0.15) is 12.6 Å². The number of guanidine groups is 1. The fraction of sp³-hybridized carbons (Fsp3) is 0.611. The molecule has 3 amide bonds. The number of carbonyl (C=O) groups excluding carboxylic acids is 2. The second-order valence-electron chi connectivity index (χ2n) is 7.04. The average molecular weight is 375 g/mol. The molecule has 3 heterocycles. The molecular formula is C18H27N6O3+. The lowest BCUT2D eigenvalue weighted by molar-refractivity contribution is -0.559. The van der Waals surface area contributed by atoms with Crippen molar-refractivity contribution in [2.45, 2.75) is 39.8 Å². The Bertz CT molecular complexity index is 784. The second-order valence-corrected chi connectivity index (χ2v) is 7.04. The predicted octanol–water partition coefficient (Wildman–Crippen LogP) is 0.722. The Kier molecular flexibility index (Phi) is 5.14. The summed E-state index contributed by atoms with van der Waals surface area (Å²) >= 11 is 0. The normalized spacial score (nSPS) is 24.9. The maximum Gasteiger partial charge on any atom is 0.417 e. The number of hydrazone groups is 1. The molecule has 9 heteroatoms. The Morgan fingerprint density at radius 2 is 2.07 bits per heavy atom. The molecule has 0 aromatic rings. The van der Waals surface area contributed by atoms with Gasteiger partial charge in [0, 0.05) is 13.7 Å². The van der Waals surface area contributed by atoms with E-state index in [1.807, 2.05) is 25.3 Å². The summed E-state index contributed by atoms with van der Waals surface area (Å²) in [6.45, 7) is 13.3. The van der Waals surface area contributed by atoms with Crippen molar-refractivity contribution >= 4 is 29.4 Å². The van der Waals surface area contributed by atoms with Gasteiger partial charge in [0.2, 0.25) is 11.9 Å². The second kappa shape index (κ2) is 7.22. The smallest absolute Gasteiger partial charge is 0.378 e. The Labute approximate surface area is 159 Å². The lowest BCUT2D eigenvalue weighted by atomic mass is 10.1. The molecule has 0 bridgehead atoms. The topological polar surface area (TPSA) is 80.8 Å². The highest BCUT2D eigenvalue weighted by Gasteiger charge is 2.56. The fourth-order valence-corrected chi connectivity index (χ4v) is 3.44. The first-order valence-corrected chi connectivity index (χ1v) is 9.15. The molecule has 3 aliphatic rings. The molecule has 0 aromatic carbocycles. The molecule has 0 aromatic heterocycles.